The molecule has 1 unspecified atom stereocenters. The molecule has 18 heavy (non-hydrogen) atoms. The smallest absolute Gasteiger partial charge is 0.123 e. The maximum Gasteiger partial charge on any atom is 0.123 e. The topological polar surface area (TPSA) is 34.4 Å². The van der Waals surface area contributed by atoms with E-state index in [1.165, 1.54) is 12.1 Å². The van der Waals surface area contributed by atoms with Crippen molar-refractivity contribution in [2.45, 2.75) is 25.7 Å². The molecule has 4 heteroatoms. The Kier molecular flexibility index (Phi) is 2.80. The number of aromatic nitrogens is 1. The maximum atomic E-state index is 13.1. The second-order valence-electron chi connectivity index (χ2n) is 4.57. The maximum absolute atomic E-state index is 13.1. The van der Waals surface area contributed by atoms with E-state index in [0.29, 0.717) is 6.54 Å². The van der Waals surface area contributed by atoms with Crippen LogP contribution in [0.2, 0.25) is 0 Å². The SMILES string of the molecule is OCc1ccn(CC2Cc3cc(F)ccc3O2)c1. The van der Waals surface area contributed by atoms with Gasteiger partial charge in [-0.25, -0.2) is 4.39 Å². The van der Waals surface area contributed by atoms with Crippen LogP contribution in [0.1, 0.15) is 11.1 Å². The summed E-state index contributed by atoms with van der Waals surface area (Å²) in [6.45, 7) is 0.750. The predicted octanol–water partition coefficient (Wildman–Crippen LogP) is 2.12. The summed E-state index contributed by atoms with van der Waals surface area (Å²) in [6.07, 6.45) is 4.56. The molecule has 1 N–H and O–H groups in total. The Hall–Kier alpha value is -1.81. The molecule has 0 fully saturated rings. The molecule has 1 aromatic heterocycles. The highest BCUT2D eigenvalue weighted by Crippen LogP contribution is 2.29. The summed E-state index contributed by atoms with van der Waals surface area (Å²) in [6, 6.07) is 6.51. The van der Waals surface area contributed by atoms with Crippen LogP contribution >= 0.6 is 0 Å². The van der Waals surface area contributed by atoms with E-state index in [4.69, 9.17) is 9.84 Å². The largest absolute Gasteiger partial charge is 0.488 e. The number of ether oxygens (including phenoxy) is 1. The van der Waals surface area contributed by atoms with Gasteiger partial charge in [-0.2, -0.15) is 0 Å². The predicted molar refractivity (Wildman–Crippen MR) is 64.9 cm³/mol. The molecule has 0 spiro atoms. The Morgan fingerprint density at radius 2 is 2.28 bits per heavy atom. The molecule has 0 saturated heterocycles. The zero-order valence-corrected chi connectivity index (χ0v) is 9.84. The van der Waals surface area contributed by atoms with Crippen LogP contribution < -0.4 is 4.74 Å². The minimum atomic E-state index is -0.221. The van der Waals surface area contributed by atoms with Crippen LogP contribution in [0.4, 0.5) is 4.39 Å². The number of halogens is 1. The van der Waals surface area contributed by atoms with Gasteiger partial charge in [0.05, 0.1) is 13.2 Å². The van der Waals surface area contributed by atoms with Crippen molar-refractivity contribution in [3.05, 3.63) is 53.6 Å². The first-order valence-corrected chi connectivity index (χ1v) is 5.95. The number of benzene rings is 1. The number of aliphatic hydroxyl groups is 1. The third-order valence-corrected chi connectivity index (χ3v) is 3.17. The summed E-state index contributed by atoms with van der Waals surface area (Å²) in [7, 11) is 0. The van der Waals surface area contributed by atoms with Gasteiger partial charge in [-0.05, 0) is 29.8 Å². The van der Waals surface area contributed by atoms with Crippen LogP contribution in [-0.4, -0.2) is 15.8 Å². The Labute approximate surface area is 104 Å². The molecule has 0 bridgehead atoms. The Balaban J connectivity index is 1.70. The van der Waals surface area contributed by atoms with Crippen molar-refractivity contribution in [2.75, 3.05) is 0 Å². The number of nitrogens with zero attached hydrogens (tertiary/aromatic N) is 1. The van der Waals surface area contributed by atoms with Gasteiger partial charge in [-0.15, -0.1) is 0 Å². The molecule has 0 aliphatic carbocycles. The second kappa shape index (κ2) is 4.46. The number of rotatable bonds is 3. The lowest BCUT2D eigenvalue weighted by Crippen LogP contribution is -2.19. The van der Waals surface area contributed by atoms with Gasteiger partial charge in [0.2, 0.25) is 0 Å². The second-order valence-corrected chi connectivity index (χ2v) is 4.57. The fraction of sp³-hybridized carbons (Fsp3) is 0.286. The van der Waals surface area contributed by atoms with Gasteiger partial charge >= 0.3 is 0 Å². The molecule has 3 rings (SSSR count). The summed E-state index contributed by atoms with van der Waals surface area (Å²) in [4.78, 5) is 0. The van der Waals surface area contributed by atoms with Crippen LogP contribution in [0, 0.1) is 5.82 Å². The van der Waals surface area contributed by atoms with Gasteiger partial charge in [0.15, 0.2) is 0 Å². The van der Waals surface area contributed by atoms with Crippen LogP contribution in [0.5, 0.6) is 5.75 Å². The van der Waals surface area contributed by atoms with Gasteiger partial charge in [-0.1, -0.05) is 0 Å². The number of hydrogen-bond acceptors (Lipinski definition) is 2. The van der Waals surface area contributed by atoms with E-state index in [2.05, 4.69) is 0 Å². The first kappa shape index (κ1) is 11.3. The van der Waals surface area contributed by atoms with Gasteiger partial charge < -0.3 is 14.4 Å². The monoisotopic (exact) mass is 247 g/mol. The van der Waals surface area contributed by atoms with Crippen LogP contribution in [0.15, 0.2) is 36.7 Å². The van der Waals surface area contributed by atoms with Crippen LogP contribution in [0.3, 0.4) is 0 Å². The van der Waals surface area contributed by atoms with Crippen molar-refractivity contribution in [3.63, 3.8) is 0 Å². The van der Waals surface area contributed by atoms with Crippen molar-refractivity contribution >= 4 is 0 Å². The van der Waals surface area contributed by atoms with Gasteiger partial charge in [0.25, 0.3) is 0 Å². The molecule has 2 aromatic rings. The summed E-state index contributed by atoms with van der Waals surface area (Å²) in [5.74, 6) is 0.553. The lowest BCUT2D eigenvalue weighted by Gasteiger charge is -2.11. The van der Waals surface area contributed by atoms with E-state index >= 15 is 0 Å². The molecule has 0 radical (unpaired) electrons. The van der Waals surface area contributed by atoms with Crippen molar-refractivity contribution < 1.29 is 14.2 Å². The normalized spacial score (nSPS) is 17.6. The molecule has 2 heterocycles. The molecular formula is C14H14FNO2. The van der Waals surface area contributed by atoms with E-state index < -0.39 is 0 Å². The van der Waals surface area contributed by atoms with Crippen molar-refractivity contribution in [2.24, 2.45) is 0 Å². The summed E-state index contributed by atoms with van der Waals surface area (Å²) in [5.41, 5.74) is 1.81. The first-order valence-electron chi connectivity index (χ1n) is 5.95. The average molecular weight is 247 g/mol. The first-order chi connectivity index (χ1) is 8.74. The molecule has 3 nitrogen and oxygen atoms in total. The standard InChI is InChI=1S/C14H14FNO2/c15-12-1-2-14-11(5-12)6-13(18-14)8-16-4-3-10(7-16)9-17/h1-5,7,13,17H,6,8-9H2. The quantitative estimate of drug-likeness (QED) is 0.901. The van der Waals surface area contributed by atoms with Gasteiger partial charge in [0.1, 0.15) is 17.7 Å². The lowest BCUT2D eigenvalue weighted by molar-refractivity contribution is 0.209. The number of aliphatic hydroxyl groups excluding tert-OH is 1. The number of fused-ring (bicyclic) bond motifs is 1. The molecule has 94 valence electrons. The van der Waals surface area contributed by atoms with Gasteiger partial charge in [0, 0.05) is 24.4 Å². The molecular weight excluding hydrogens is 233 g/mol. The Morgan fingerprint density at radius 3 is 3.06 bits per heavy atom. The zero-order valence-electron chi connectivity index (χ0n) is 9.84. The third-order valence-electron chi connectivity index (χ3n) is 3.17. The fourth-order valence-electron chi connectivity index (χ4n) is 2.32. The molecule has 0 amide bonds. The summed E-state index contributed by atoms with van der Waals surface area (Å²) >= 11 is 0. The molecule has 1 atom stereocenters. The molecule has 0 saturated carbocycles. The van der Waals surface area contributed by atoms with E-state index in [1.807, 2.05) is 23.0 Å². The van der Waals surface area contributed by atoms with E-state index in [1.54, 1.807) is 6.07 Å². The van der Waals surface area contributed by atoms with Crippen LogP contribution in [0.25, 0.3) is 0 Å². The zero-order chi connectivity index (χ0) is 12.5. The van der Waals surface area contributed by atoms with Crippen molar-refractivity contribution in [1.29, 1.82) is 0 Å². The van der Waals surface area contributed by atoms with E-state index in [9.17, 15) is 4.39 Å². The molecule has 1 aliphatic heterocycles. The Bertz CT molecular complexity index is 565. The highest BCUT2D eigenvalue weighted by Gasteiger charge is 2.23. The van der Waals surface area contributed by atoms with Crippen LogP contribution in [-0.2, 0) is 19.6 Å². The highest BCUT2D eigenvalue weighted by atomic mass is 19.1. The minimum Gasteiger partial charge on any atom is -0.488 e. The van der Waals surface area contributed by atoms with Gasteiger partial charge in [-0.3, -0.25) is 0 Å². The molecule has 1 aliphatic rings. The van der Waals surface area contributed by atoms with Crippen molar-refractivity contribution in [1.82, 2.24) is 4.57 Å². The van der Waals surface area contributed by atoms with E-state index in [0.717, 1.165) is 23.3 Å². The Morgan fingerprint density at radius 1 is 1.39 bits per heavy atom. The van der Waals surface area contributed by atoms with Crippen molar-refractivity contribution in [3.8, 4) is 5.75 Å². The lowest BCUT2D eigenvalue weighted by atomic mass is 10.1. The third kappa shape index (κ3) is 2.11. The summed E-state index contributed by atoms with van der Waals surface area (Å²) < 4.78 is 20.8. The molecule has 1 aromatic carbocycles. The number of hydrogen-bond donors (Lipinski definition) is 1. The highest BCUT2D eigenvalue weighted by molar-refractivity contribution is 5.37. The summed E-state index contributed by atoms with van der Waals surface area (Å²) in [5, 5.41) is 9.00. The average Bonchev–Trinajstić information content (AvgIpc) is 2.95. The fourth-order valence-corrected chi connectivity index (χ4v) is 2.32. The minimum absolute atomic E-state index is 0.0285. The van der Waals surface area contributed by atoms with E-state index in [-0.39, 0.29) is 18.5 Å².